The fourth-order valence-corrected chi connectivity index (χ4v) is 4.20. The van der Waals surface area contributed by atoms with E-state index in [0.717, 1.165) is 0 Å². The molecule has 24 heavy (non-hydrogen) atoms. The maximum absolute atomic E-state index is 12.8. The second-order valence-corrected chi connectivity index (χ2v) is 7.85. The van der Waals surface area contributed by atoms with Crippen molar-refractivity contribution in [3.8, 4) is 5.75 Å². The molecule has 2 aromatic rings. The van der Waals surface area contributed by atoms with Crippen molar-refractivity contribution in [3.05, 3.63) is 36.4 Å². The van der Waals surface area contributed by atoms with Gasteiger partial charge in [-0.25, -0.2) is 13.1 Å². The zero-order valence-electron chi connectivity index (χ0n) is 13.9. The third-order valence-corrected chi connectivity index (χ3v) is 5.48. The summed E-state index contributed by atoms with van der Waals surface area (Å²) in [4.78, 5) is 10.9. The number of hydrogen-bond donors (Lipinski definition) is 2. The van der Waals surface area contributed by atoms with Crippen molar-refractivity contribution in [3.63, 3.8) is 0 Å². The van der Waals surface area contributed by atoms with Gasteiger partial charge in [0.05, 0.1) is 12.0 Å². The molecule has 2 N–H and O–H groups in total. The van der Waals surface area contributed by atoms with Crippen LogP contribution in [-0.4, -0.2) is 32.1 Å². The summed E-state index contributed by atoms with van der Waals surface area (Å²) < 4.78 is 33.5. The van der Waals surface area contributed by atoms with E-state index in [1.54, 1.807) is 38.1 Å². The van der Waals surface area contributed by atoms with Crippen LogP contribution in [0.5, 0.6) is 5.75 Å². The molecule has 0 spiro atoms. The SMILES string of the molecule is COc1ccc(S(=O)(=O)NC(C)(C)CCC(=O)O)c2ccccc12. The predicted molar refractivity (Wildman–Crippen MR) is 91.8 cm³/mol. The molecule has 0 aliphatic rings. The first kappa shape index (κ1) is 18.2. The molecule has 0 heterocycles. The van der Waals surface area contributed by atoms with Gasteiger partial charge in [0, 0.05) is 22.7 Å². The Morgan fingerprint density at radius 3 is 2.38 bits per heavy atom. The van der Waals surface area contributed by atoms with Crippen molar-refractivity contribution in [1.82, 2.24) is 4.72 Å². The fourth-order valence-electron chi connectivity index (χ4n) is 2.55. The van der Waals surface area contributed by atoms with Crippen LogP contribution in [0.3, 0.4) is 0 Å². The number of methoxy groups -OCH3 is 1. The molecule has 0 aliphatic carbocycles. The first-order chi connectivity index (χ1) is 11.2. The maximum Gasteiger partial charge on any atom is 0.303 e. The fraction of sp³-hybridized carbons (Fsp3) is 0.353. The van der Waals surface area contributed by atoms with E-state index in [2.05, 4.69) is 4.72 Å². The lowest BCUT2D eigenvalue weighted by molar-refractivity contribution is -0.137. The number of benzene rings is 2. The van der Waals surface area contributed by atoms with E-state index < -0.39 is 21.5 Å². The number of carbonyl (C=O) groups is 1. The topological polar surface area (TPSA) is 92.7 Å². The number of aliphatic carboxylic acids is 1. The minimum Gasteiger partial charge on any atom is -0.496 e. The molecule has 7 heteroatoms. The minimum absolute atomic E-state index is 0.112. The monoisotopic (exact) mass is 351 g/mol. The van der Waals surface area contributed by atoms with Crippen molar-refractivity contribution < 1.29 is 23.1 Å². The van der Waals surface area contributed by atoms with Gasteiger partial charge in [0.15, 0.2) is 0 Å². The molecular formula is C17H21NO5S. The van der Waals surface area contributed by atoms with Crippen molar-refractivity contribution >= 4 is 26.8 Å². The van der Waals surface area contributed by atoms with Gasteiger partial charge in [0.1, 0.15) is 5.75 Å². The summed E-state index contributed by atoms with van der Waals surface area (Å²) in [6.45, 7) is 3.33. The van der Waals surface area contributed by atoms with E-state index >= 15 is 0 Å². The van der Waals surface area contributed by atoms with Gasteiger partial charge in [-0.3, -0.25) is 4.79 Å². The molecule has 0 aromatic heterocycles. The highest BCUT2D eigenvalue weighted by Gasteiger charge is 2.28. The Morgan fingerprint density at radius 1 is 1.17 bits per heavy atom. The van der Waals surface area contributed by atoms with Crippen molar-refractivity contribution in [2.75, 3.05) is 7.11 Å². The van der Waals surface area contributed by atoms with Crippen LogP contribution < -0.4 is 9.46 Å². The van der Waals surface area contributed by atoms with Crippen LogP contribution in [0.25, 0.3) is 10.8 Å². The molecule has 0 bridgehead atoms. The van der Waals surface area contributed by atoms with Crippen LogP contribution >= 0.6 is 0 Å². The molecule has 0 saturated carbocycles. The average Bonchev–Trinajstić information content (AvgIpc) is 2.51. The lowest BCUT2D eigenvalue weighted by Gasteiger charge is -2.25. The molecule has 0 unspecified atom stereocenters. The van der Waals surface area contributed by atoms with E-state index in [9.17, 15) is 13.2 Å². The highest BCUT2D eigenvalue weighted by atomic mass is 32.2. The Balaban J connectivity index is 2.43. The molecule has 0 radical (unpaired) electrons. The molecular weight excluding hydrogens is 330 g/mol. The summed E-state index contributed by atoms with van der Waals surface area (Å²) in [6, 6.07) is 10.2. The third kappa shape index (κ3) is 4.04. The van der Waals surface area contributed by atoms with E-state index in [1.165, 1.54) is 13.2 Å². The molecule has 130 valence electrons. The van der Waals surface area contributed by atoms with E-state index in [1.807, 2.05) is 6.07 Å². The lowest BCUT2D eigenvalue weighted by Crippen LogP contribution is -2.43. The maximum atomic E-state index is 12.8. The number of hydrogen-bond acceptors (Lipinski definition) is 4. The normalized spacial score (nSPS) is 12.3. The van der Waals surface area contributed by atoms with E-state index in [4.69, 9.17) is 9.84 Å². The first-order valence-corrected chi connectivity index (χ1v) is 8.96. The Bertz CT molecular complexity index is 858. The van der Waals surface area contributed by atoms with Crippen LogP contribution in [0.2, 0.25) is 0 Å². The molecule has 0 aliphatic heterocycles. The molecule has 2 rings (SSSR count). The Hall–Kier alpha value is -2.12. The minimum atomic E-state index is -3.82. The zero-order valence-corrected chi connectivity index (χ0v) is 14.7. The molecule has 2 aromatic carbocycles. The van der Waals surface area contributed by atoms with Gasteiger partial charge in [0.25, 0.3) is 0 Å². The van der Waals surface area contributed by atoms with E-state index in [0.29, 0.717) is 16.5 Å². The molecule has 0 saturated heterocycles. The summed E-state index contributed by atoms with van der Waals surface area (Å²) in [5.74, 6) is -0.369. The summed E-state index contributed by atoms with van der Waals surface area (Å²) in [7, 11) is -2.28. The number of sulfonamides is 1. The van der Waals surface area contributed by atoms with Gasteiger partial charge >= 0.3 is 5.97 Å². The highest BCUT2D eigenvalue weighted by Crippen LogP contribution is 2.31. The number of nitrogens with one attached hydrogen (secondary N) is 1. The van der Waals surface area contributed by atoms with E-state index in [-0.39, 0.29) is 17.7 Å². The van der Waals surface area contributed by atoms with Gasteiger partial charge in [0.2, 0.25) is 10.0 Å². The van der Waals surface area contributed by atoms with Crippen molar-refractivity contribution in [1.29, 1.82) is 0 Å². The average molecular weight is 351 g/mol. The predicted octanol–water partition coefficient (Wildman–Crippen LogP) is 2.77. The number of carboxylic acids is 1. The largest absolute Gasteiger partial charge is 0.496 e. The van der Waals surface area contributed by atoms with Gasteiger partial charge in [-0.2, -0.15) is 0 Å². The number of fused-ring (bicyclic) bond motifs is 1. The Kier molecular flexibility index (Phi) is 5.15. The van der Waals surface area contributed by atoms with Gasteiger partial charge in [-0.15, -0.1) is 0 Å². The lowest BCUT2D eigenvalue weighted by atomic mass is 10.0. The van der Waals surface area contributed by atoms with Gasteiger partial charge in [-0.1, -0.05) is 24.3 Å². The van der Waals surface area contributed by atoms with Crippen LogP contribution in [0.1, 0.15) is 26.7 Å². The van der Waals surface area contributed by atoms with Gasteiger partial charge < -0.3 is 9.84 Å². The molecule has 6 nitrogen and oxygen atoms in total. The second kappa shape index (κ2) is 6.78. The summed E-state index contributed by atoms with van der Waals surface area (Å²) in [5, 5.41) is 10.1. The molecule has 0 fully saturated rings. The number of carboxylic acid groups (broad SMARTS) is 1. The smallest absolute Gasteiger partial charge is 0.303 e. The summed E-state index contributed by atoms with van der Waals surface area (Å²) in [6.07, 6.45) is 0.0779. The second-order valence-electron chi connectivity index (χ2n) is 6.19. The molecule has 0 amide bonds. The number of ether oxygens (including phenoxy) is 1. The quantitative estimate of drug-likeness (QED) is 0.800. The standard InChI is InChI=1S/C17H21NO5S/c1-17(2,11-10-16(19)20)18-24(21,22)15-9-8-14(23-3)12-6-4-5-7-13(12)15/h4-9,18H,10-11H2,1-3H3,(H,19,20). The highest BCUT2D eigenvalue weighted by molar-refractivity contribution is 7.89. The van der Waals surface area contributed by atoms with Crippen molar-refractivity contribution in [2.45, 2.75) is 37.1 Å². The zero-order chi connectivity index (χ0) is 18.0. The third-order valence-electron chi connectivity index (χ3n) is 3.73. The van der Waals surface area contributed by atoms with Crippen LogP contribution in [0.4, 0.5) is 0 Å². The first-order valence-electron chi connectivity index (χ1n) is 7.48. The molecule has 0 atom stereocenters. The summed E-state index contributed by atoms with van der Waals surface area (Å²) >= 11 is 0. The Morgan fingerprint density at radius 2 is 1.79 bits per heavy atom. The summed E-state index contributed by atoms with van der Waals surface area (Å²) in [5.41, 5.74) is -0.877. The number of rotatable bonds is 7. The van der Waals surface area contributed by atoms with Crippen LogP contribution in [0.15, 0.2) is 41.3 Å². The Labute approximate surface area is 141 Å². The van der Waals surface area contributed by atoms with Gasteiger partial charge in [-0.05, 0) is 32.4 Å². The van der Waals surface area contributed by atoms with Crippen LogP contribution in [0, 0.1) is 0 Å². The van der Waals surface area contributed by atoms with Crippen LogP contribution in [-0.2, 0) is 14.8 Å². The van der Waals surface area contributed by atoms with Crippen molar-refractivity contribution in [2.24, 2.45) is 0 Å².